The second-order valence-electron chi connectivity index (χ2n) is 5.40. The Bertz CT molecular complexity index is 608. The van der Waals surface area contributed by atoms with Crippen molar-refractivity contribution >= 4 is 11.0 Å². The molecule has 0 heterocycles. The molecule has 0 spiro atoms. The molecule has 1 unspecified atom stereocenters. The zero-order valence-electron chi connectivity index (χ0n) is 12.2. The third-order valence-electron chi connectivity index (χ3n) is 3.80. The highest BCUT2D eigenvalue weighted by Gasteiger charge is 2.47. The Balaban J connectivity index is 2.29. The van der Waals surface area contributed by atoms with Gasteiger partial charge in [0.1, 0.15) is 11.6 Å². The minimum atomic E-state index is -1.24. The topological polar surface area (TPSA) is 44.1 Å². The van der Waals surface area contributed by atoms with Gasteiger partial charge in [0, 0.05) is 30.5 Å². The number of benzene rings is 1. The zero-order valence-corrected chi connectivity index (χ0v) is 13.0. The van der Waals surface area contributed by atoms with E-state index in [-0.39, 0.29) is 17.7 Å². The number of rotatable bonds is 6. The van der Waals surface area contributed by atoms with Gasteiger partial charge in [-0.05, 0) is 31.4 Å². The van der Waals surface area contributed by atoms with Crippen LogP contribution in [-0.4, -0.2) is 21.3 Å². The Morgan fingerprint density at radius 2 is 2.05 bits per heavy atom. The number of hydrogen-bond acceptors (Lipinski definition) is 2. The van der Waals surface area contributed by atoms with Crippen molar-refractivity contribution in [2.45, 2.75) is 38.1 Å². The lowest BCUT2D eigenvalue weighted by molar-refractivity contribution is 0.428. The maximum atomic E-state index is 14.2. The molecule has 1 fully saturated rings. The highest BCUT2D eigenvalue weighted by molar-refractivity contribution is 7.81. The molecule has 1 atom stereocenters. The Labute approximate surface area is 126 Å². The van der Waals surface area contributed by atoms with Crippen LogP contribution in [-0.2, 0) is 22.9 Å². The van der Waals surface area contributed by atoms with E-state index in [1.807, 2.05) is 6.92 Å². The molecule has 0 saturated heterocycles. The van der Waals surface area contributed by atoms with Crippen LogP contribution in [0, 0.1) is 23.0 Å². The molecule has 114 valence electrons. The van der Waals surface area contributed by atoms with Gasteiger partial charge in [-0.1, -0.05) is 6.92 Å². The van der Waals surface area contributed by atoms with Gasteiger partial charge in [-0.2, -0.15) is 5.26 Å². The van der Waals surface area contributed by atoms with Crippen molar-refractivity contribution in [2.75, 3.05) is 12.8 Å². The molecular formula is C15H18F2N2OS. The number of nitriles is 1. The first kappa shape index (κ1) is 16.1. The Morgan fingerprint density at radius 1 is 1.38 bits per heavy atom. The number of nitrogens with zero attached hydrogens (tertiary/aromatic N) is 2. The van der Waals surface area contributed by atoms with Gasteiger partial charge in [0.25, 0.3) is 0 Å². The molecule has 0 amide bonds. The Hall–Kier alpha value is -1.32. The third-order valence-corrected chi connectivity index (χ3v) is 4.84. The fraction of sp³-hybridized carbons (Fsp3) is 0.533. The minimum Gasteiger partial charge on any atom is -0.243 e. The van der Waals surface area contributed by atoms with E-state index in [2.05, 4.69) is 6.07 Å². The van der Waals surface area contributed by atoms with Gasteiger partial charge in [0.05, 0.1) is 22.5 Å². The largest absolute Gasteiger partial charge is 0.243 e. The van der Waals surface area contributed by atoms with Crippen molar-refractivity contribution in [3.63, 3.8) is 0 Å². The summed E-state index contributed by atoms with van der Waals surface area (Å²) in [5.41, 5.74) is -0.528. The Morgan fingerprint density at radius 3 is 2.52 bits per heavy atom. The summed E-state index contributed by atoms with van der Waals surface area (Å²) in [6.45, 7) is 2.58. The van der Waals surface area contributed by atoms with Gasteiger partial charge < -0.3 is 0 Å². The molecule has 1 aliphatic rings. The molecule has 1 saturated carbocycles. The van der Waals surface area contributed by atoms with Gasteiger partial charge in [-0.3, -0.25) is 0 Å². The van der Waals surface area contributed by atoms with Gasteiger partial charge >= 0.3 is 0 Å². The summed E-state index contributed by atoms with van der Waals surface area (Å²) in [5.74, 6) is -1.09. The van der Waals surface area contributed by atoms with E-state index in [1.165, 1.54) is 6.26 Å². The molecule has 0 aromatic heterocycles. The lowest BCUT2D eigenvalue weighted by Gasteiger charge is -2.19. The van der Waals surface area contributed by atoms with E-state index < -0.39 is 28.0 Å². The molecule has 0 radical (unpaired) electrons. The predicted octanol–water partition coefficient (Wildman–Crippen LogP) is 3.03. The van der Waals surface area contributed by atoms with Crippen LogP contribution >= 0.6 is 0 Å². The summed E-state index contributed by atoms with van der Waals surface area (Å²) in [6.07, 6.45) is 3.44. The van der Waals surface area contributed by atoms with Gasteiger partial charge in [-0.25, -0.2) is 17.3 Å². The molecule has 2 rings (SSSR count). The minimum absolute atomic E-state index is 0.0968. The summed E-state index contributed by atoms with van der Waals surface area (Å²) < 4.78 is 41.6. The van der Waals surface area contributed by atoms with Crippen molar-refractivity contribution in [3.05, 3.63) is 34.9 Å². The quantitative estimate of drug-likeness (QED) is 0.810. The van der Waals surface area contributed by atoms with E-state index in [9.17, 15) is 13.0 Å². The predicted molar refractivity (Wildman–Crippen MR) is 77.7 cm³/mol. The van der Waals surface area contributed by atoms with Crippen LogP contribution in [0.4, 0.5) is 8.78 Å². The standard InChI is InChI=1S/C15H18F2N2OS/c1-3-6-19(21(2)20)9-11-7-14(17)12(8-13(11)16)15(10-18)4-5-15/h7-8H,3-6,9H2,1-2H3. The van der Waals surface area contributed by atoms with Crippen molar-refractivity contribution in [1.82, 2.24) is 4.31 Å². The van der Waals surface area contributed by atoms with Crippen LogP contribution < -0.4 is 0 Å². The maximum absolute atomic E-state index is 14.2. The second-order valence-corrected chi connectivity index (χ2v) is 6.77. The van der Waals surface area contributed by atoms with Gasteiger partial charge in [0.2, 0.25) is 0 Å². The highest BCUT2D eigenvalue weighted by Crippen LogP contribution is 2.48. The molecule has 0 bridgehead atoms. The molecule has 3 nitrogen and oxygen atoms in total. The SMILES string of the molecule is CCCN(Cc1cc(F)c(C2(C#N)CC2)cc1F)S(C)=O. The van der Waals surface area contributed by atoms with Crippen LogP contribution in [0.5, 0.6) is 0 Å². The van der Waals surface area contributed by atoms with Gasteiger partial charge in [0.15, 0.2) is 0 Å². The monoisotopic (exact) mass is 312 g/mol. The van der Waals surface area contributed by atoms with Crippen molar-refractivity contribution in [3.8, 4) is 6.07 Å². The summed E-state index contributed by atoms with van der Waals surface area (Å²) in [7, 11) is -1.24. The third kappa shape index (κ3) is 3.30. The lowest BCUT2D eigenvalue weighted by atomic mass is 9.95. The average molecular weight is 312 g/mol. The fourth-order valence-corrected chi connectivity index (χ4v) is 3.14. The smallest absolute Gasteiger partial charge is 0.128 e. The van der Waals surface area contributed by atoms with Crippen LogP contribution in [0.15, 0.2) is 12.1 Å². The van der Waals surface area contributed by atoms with Crippen molar-refractivity contribution < 1.29 is 13.0 Å². The van der Waals surface area contributed by atoms with Crippen LogP contribution in [0.25, 0.3) is 0 Å². The first-order valence-corrected chi connectivity index (χ1v) is 8.43. The van der Waals surface area contributed by atoms with E-state index >= 15 is 0 Å². The first-order chi connectivity index (χ1) is 9.93. The fourth-order valence-electron chi connectivity index (χ4n) is 2.38. The lowest BCUT2D eigenvalue weighted by Crippen LogP contribution is -2.26. The molecule has 1 aromatic rings. The van der Waals surface area contributed by atoms with Gasteiger partial charge in [-0.15, -0.1) is 0 Å². The summed E-state index contributed by atoms with van der Waals surface area (Å²) in [4.78, 5) is 0. The zero-order chi connectivity index (χ0) is 15.6. The first-order valence-electron chi connectivity index (χ1n) is 6.91. The maximum Gasteiger partial charge on any atom is 0.128 e. The van der Waals surface area contributed by atoms with Crippen molar-refractivity contribution in [1.29, 1.82) is 5.26 Å². The second kappa shape index (κ2) is 6.20. The molecule has 1 aromatic carbocycles. The van der Waals surface area contributed by atoms with Crippen molar-refractivity contribution in [2.24, 2.45) is 0 Å². The molecule has 0 aliphatic heterocycles. The van der Waals surface area contributed by atoms with E-state index in [1.54, 1.807) is 4.31 Å². The molecule has 1 aliphatic carbocycles. The molecular weight excluding hydrogens is 294 g/mol. The van der Waals surface area contributed by atoms with E-state index in [0.717, 1.165) is 18.6 Å². The molecule has 0 N–H and O–H groups in total. The molecule has 6 heteroatoms. The Kier molecular flexibility index (Phi) is 4.74. The van der Waals surface area contributed by atoms with E-state index in [4.69, 9.17) is 5.26 Å². The summed E-state index contributed by atoms with van der Waals surface area (Å²) in [6, 6.07) is 4.33. The average Bonchev–Trinajstić information content (AvgIpc) is 3.22. The summed E-state index contributed by atoms with van der Waals surface area (Å²) in [5, 5.41) is 9.10. The van der Waals surface area contributed by atoms with Crippen LogP contribution in [0.3, 0.4) is 0 Å². The van der Waals surface area contributed by atoms with Crippen LogP contribution in [0.1, 0.15) is 37.3 Å². The van der Waals surface area contributed by atoms with E-state index in [0.29, 0.717) is 19.4 Å². The number of halogens is 2. The summed E-state index contributed by atoms with van der Waals surface area (Å²) >= 11 is 0. The molecule has 21 heavy (non-hydrogen) atoms. The normalized spacial score (nSPS) is 17.5. The van der Waals surface area contributed by atoms with Crippen LogP contribution in [0.2, 0.25) is 0 Å². The number of hydrogen-bond donors (Lipinski definition) is 0. The highest BCUT2D eigenvalue weighted by atomic mass is 32.2.